The predicted octanol–water partition coefficient (Wildman–Crippen LogP) is 4.60. The highest BCUT2D eigenvalue weighted by Gasteiger charge is 1.97. The number of hydrogen-bond donors (Lipinski definition) is 1. The molecule has 0 spiro atoms. The van der Waals surface area contributed by atoms with E-state index in [9.17, 15) is 0 Å². The molecular weight excluding hydrogens is 254 g/mol. The molecule has 0 aliphatic carbocycles. The molecule has 0 aliphatic heterocycles. The maximum atomic E-state index is 3.46. The zero-order chi connectivity index (χ0) is 14.8. The van der Waals surface area contributed by atoms with Crippen LogP contribution >= 0.6 is 0 Å². The van der Waals surface area contributed by atoms with Crippen LogP contribution in [-0.4, -0.2) is 13.1 Å². The quantitative estimate of drug-likeness (QED) is 0.662. The van der Waals surface area contributed by atoms with Gasteiger partial charge in [-0.2, -0.15) is 0 Å². The highest BCUT2D eigenvalue weighted by molar-refractivity contribution is 5.28. The summed E-state index contributed by atoms with van der Waals surface area (Å²) in [5.74, 6) is 0. The third-order valence-corrected chi connectivity index (χ3v) is 3.77. The Balaban J connectivity index is 1.72. The summed E-state index contributed by atoms with van der Waals surface area (Å²) in [6.45, 7) is 4.51. The van der Waals surface area contributed by atoms with E-state index >= 15 is 0 Å². The van der Waals surface area contributed by atoms with Crippen molar-refractivity contribution >= 4 is 0 Å². The van der Waals surface area contributed by atoms with Crippen LogP contribution in [0.3, 0.4) is 0 Å². The van der Waals surface area contributed by atoms with Crippen molar-refractivity contribution in [1.29, 1.82) is 0 Å². The van der Waals surface area contributed by atoms with Gasteiger partial charge >= 0.3 is 0 Å². The monoisotopic (exact) mass is 281 g/mol. The first-order valence-electron chi connectivity index (χ1n) is 8.21. The molecule has 2 aromatic carbocycles. The molecule has 2 aromatic rings. The second-order valence-corrected chi connectivity index (χ2v) is 5.69. The zero-order valence-electron chi connectivity index (χ0n) is 13.1. The number of rotatable bonds is 9. The van der Waals surface area contributed by atoms with Crippen LogP contribution < -0.4 is 5.32 Å². The van der Waals surface area contributed by atoms with Gasteiger partial charge in [0.15, 0.2) is 0 Å². The molecule has 0 saturated heterocycles. The van der Waals surface area contributed by atoms with Gasteiger partial charge in [-0.1, -0.05) is 61.5 Å². The van der Waals surface area contributed by atoms with Crippen molar-refractivity contribution < 1.29 is 0 Å². The van der Waals surface area contributed by atoms with E-state index in [-0.39, 0.29) is 0 Å². The van der Waals surface area contributed by atoms with Gasteiger partial charge in [-0.25, -0.2) is 0 Å². The Morgan fingerprint density at radius 3 is 2.10 bits per heavy atom. The van der Waals surface area contributed by atoms with E-state index in [2.05, 4.69) is 66.8 Å². The van der Waals surface area contributed by atoms with Crippen LogP contribution in [0.15, 0.2) is 54.6 Å². The smallest absolute Gasteiger partial charge is 0.00258 e. The summed E-state index contributed by atoms with van der Waals surface area (Å²) in [5.41, 5.74) is 4.24. The molecular formula is C20H27N. The fourth-order valence-corrected chi connectivity index (χ4v) is 2.54. The average Bonchev–Trinajstić information content (AvgIpc) is 2.53. The molecule has 0 aromatic heterocycles. The molecule has 21 heavy (non-hydrogen) atoms. The summed E-state index contributed by atoms with van der Waals surface area (Å²) in [6, 6.07) is 19.8. The van der Waals surface area contributed by atoms with Crippen molar-refractivity contribution in [2.75, 3.05) is 13.1 Å². The van der Waals surface area contributed by atoms with Gasteiger partial charge in [-0.15, -0.1) is 0 Å². The maximum Gasteiger partial charge on any atom is -0.00258 e. The van der Waals surface area contributed by atoms with E-state index in [1.165, 1.54) is 42.4 Å². The highest BCUT2D eigenvalue weighted by atomic mass is 14.8. The molecule has 0 aliphatic rings. The summed E-state index contributed by atoms with van der Waals surface area (Å²) < 4.78 is 0. The third kappa shape index (κ3) is 6.14. The average molecular weight is 281 g/mol. The van der Waals surface area contributed by atoms with Crippen LogP contribution in [0.5, 0.6) is 0 Å². The molecule has 0 unspecified atom stereocenters. The van der Waals surface area contributed by atoms with Crippen molar-refractivity contribution in [2.24, 2.45) is 0 Å². The van der Waals surface area contributed by atoms with Crippen LogP contribution in [0, 0.1) is 0 Å². The standard InChI is InChI=1S/C20H27N/c1-2-15-21-16-7-6-8-18-11-13-20(14-12-18)17-19-9-4-3-5-10-19/h3-5,9-14,21H,2,6-8,15-17H2,1H3. The van der Waals surface area contributed by atoms with Gasteiger partial charge in [0.1, 0.15) is 0 Å². The van der Waals surface area contributed by atoms with Crippen LogP contribution in [0.2, 0.25) is 0 Å². The molecule has 0 radical (unpaired) electrons. The molecule has 112 valence electrons. The number of unbranched alkanes of at least 4 members (excludes halogenated alkanes) is 1. The van der Waals surface area contributed by atoms with E-state index in [1.807, 2.05) is 0 Å². The zero-order valence-corrected chi connectivity index (χ0v) is 13.1. The Labute approximate surface area is 129 Å². The first-order chi connectivity index (χ1) is 10.4. The minimum atomic E-state index is 1.03. The second kappa shape index (κ2) is 9.36. The van der Waals surface area contributed by atoms with Gasteiger partial charge in [0.25, 0.3) is 0 Å². The largest absolute Gasteiger partial charge is 0.317 e. The first-order valence-corrected chi connectivity index (χ1v) is 8.21. The number of benzene rings is 2. The Morgan fingerprint density at radius 2 is 1.38 bits per heavy atom. The van der Waals surface area contributed by atoms with Gasteiger partial charge in [0, 0.05) is 0 Å². The Hall–Kier alpha value is -1.60. The number of hydrogen-bond acceptors (Lipinski definition) is 1. The van der Waals surface area contributed by atoms with Gasteiger partial charge < -0.3 is 5.32 Å². The van der Waals surface area contributed by atoms with Gasteiger partial charge in [0.2, 0.25) is 0 Å². The van der Waals surface area contributed by atoms with Crippen molar-refractivity contribution in [3.05, 3.63) is 71.3 Å². The first kappa shape index (κ1) is 15.8. The van der Waals surface area contributed by atoms with Gasteiger partial charge in [-0.3, -0.25) is 0 Å². The molecule has 1 heteroatoms. The molecule has 0 amide bonds. The van der Waals surface area contributed by atoms with E-state index in [4.69, 9.17) is 0 Å². The topological polar surface area (TPSA) is 12.0 Å². The summed E-state index contributed by atoms with van der Waals surface area (Å²) in [4.78, 5) is 0. The van der Waals surface area contributed by atoms with Crippen molar-refractivity contribution in [3.63, 3.8) is 0 Å². The molecule has 0 fully saturated rings. The third-order valence-electron chi connectivity index (χ3n) is 3.77. The van der Waals surface area contributed by atoms with E-state index < -0.39 is 0 Å². The maximum absolute atomic E-state index is 3.46. The van der Waals surface area contributed by atoms with Crippen LogP contribution in [0.25, 0.3) is 0 Å². The normalized spacial score (nSPS) is 10.7. The molecule has 1 nitrogen and oxygen atoms in total. The fourth-order valence-electron chi connectivity index (χ4n) is 2.54. The number of nitrogens with one attached hydrogen (secondary N) is 1. The van der Waals surface area contributed by atoms with Crippen molar-refractivity contribution in [3.8, 4) is 0 Å². The van der Waals surface area contributed by atoms with E-state index in [1.54, 1.807) is 0 Å². The second-order valence-electron chi connectivity index (χ2n) is 5.69. The molecule has 2 rings (SSSR count). The van der Waals surface area contributed by atoms with E-state index in [0.717, 1.165) is 19.5 Å². The summed E-state index contributed by atoms with van der Waals surface area (Å²) in [7, 11) is 0. The van der Waals surface area contributed by atoms with Crippen LogP contribution in [0.1, 0.15) is 42.9 Å². The van der Waals surface area contributed by atoms with Gasteiger partial charge in [0.05, 0.1) is 0 Å². The van der Waals surface area contributed by atoms with Crippen molar-refractivity contribution in [1.82, 2.24) is 5.32 Å². The Kier molecular flexibility index (Phi) is 7.03. The molecule has 0 bridgehead atoms. The van der Waals surface area contributed by atoms with Crippen LogP contribution in [0.4, 0.5) is 0 Å². The summed E-state index contributed by atoms with van der Waals surface area (Å²) in [5, 5.41) is 3.46. The molecule has 0 saturated carbocycles. The SMILES string of the molecule is CCCNCCCCc1ccc(Cc2ccccc2)cc1. The Bertz CT molecular complexity index is 487. The van der Waals surface area contributed by atoms with Gasteiger partial charge in [-0.05, 0) is 61.9 Å². The number of aryl methyl sites for hydroxylation is 1. The minimum absolute atomic E-state index is 1.03. The molecule has 0 atom stereocenters. The fraction of sp³-hybridized carbons (Fsp3) is 0.400. The summed E-state index contributed by atoms with van der Waals surface area (Å²) in [6.07, 6.45) is 5.99. The lowest BCUT2D eigenvalue weighted by atomic mass is 10.0. The lowest BCUT2D eigenvalue weighted by Crippen LogP contribution is -2.15. The highest BCUT2D eigenvalue weighted by Crippen LogP contribution is 2.12. The lowest BCUT2D eigenvalue weighted by Gasteiger charge is -2.06. The molecule has 0 heterocycles. The minimum Gasteiger partial charge on any atom is -0.317 e. The molecule has 1 N–H and O–H groups in total. The van der Waals surface area contributed by atoms with Crippen molar-refractivity contribution in [2.45, 2.75) is 39.0 Å². The predicted molar refractivity (Wildman–Crippen MR) is 91.8 cm³/mol. The van der Waals surface area contributed by atoms with E-state index in [0.29, 0.717) is 0 Å². The van der Waals surface area contributed by atoms with Crippen LogP contribution in [-0.2, 0) is 12.8 Å². The summed E-state index contributed by atoms with van der Waals surface area (Å²) >= 11 is 0. The lowest BCUT2D eigenvalue weighted by molar-refractivity contribution is 0.617. The Morgan fingerprint density at radius 1 is 0.714 bits per heavy atom.